The van der Waals surface area contributed by atoms with Crippen molar-refractivity contribution in [3.05, 3.63) is 77.4 Å². The molecule has 2 aliphatic rings. The molecule has 2 aromatic rings. The van der Waals surface area contributed by atoms with Crippen molar-refractivity contribution in [2.45, 2.75) is 44.6 Å². The minimum Gasteiger partial charge on any atom is -0.333 e. The van der Waals surface area contributed by atoms with E-state index in [1.807, 2.05) is 48.5 Å². The molecule has 0 N–H and O–H groups in total. The third kappa shape index (κ3) is 2.85. The number of benzene rings is 2. The number of ether oxygens (including phenoxy) is 1. The molecule has 2 aromatic carbocycles. The average molecular weight is 349 g/mol. The average Bonchev–Trinajstić information content (AvgIpc) is 2.87. The number of amides is 1. The van der Waals surface area contributed by atoms with Crippen LogP contribution in [-0.4, -0.2) is 22.3 Å². The second-order valence-corrected chi connectivity index (χ2v) is 7.34. The van der Waals surface area contributed by atoms with Crippen LogP contribution in [0.4, 0.5) is 0 Å². The highest BCUT2D eigenvalue weighted by Gasteiger charge is 2.63. The van der Waals surface area contributed by atoms with Crippen molar-refractivity contribution in [2.24, 2.45) is 0 Å². The summed E-state index contributed by atoms with van der Waals surface area (Å²) in [6, 6.07) is 20.0. The molecule has 1 amide bonds. The predicted molar refractivity (Wildman–Crippen MR) is 99.6 cm³/mol. The predicted octanol–water partition coefficient (Wildman–Crippen LogP) is 4.33. The van der Waals surface area contributed by atoms with Crippen molar-refractivity contribution < 1.29 is 14.4 Å². The van der Waals surface area contributed by atoms with Crippen molar-refractivity contribution >= 4 is 12.0 Å². The Hall–Kier alpha value is -2.43. The highest BCUT2D eigenvalue weighted by Crippen LogP contribution is 2.52. The monoisotopic (exact) mass is 349 g/mol. The van der Waals surface area contributed by atoms with Gasteiger partial charge in [0, 0.05) is 6.42 Å². The van der Waals surface area contributed by atoms with Crippen LogP contribution >= 0.6 is 0 Å². The second kappa shape index (κ2) is 6.38. The number of rotatable bonds is 4. The lowest BCUT2D eigenvalue weighted by Gasteiger charge is -2.45. The molecule has 26 heavy (non-hydrogen) atoms. The smallest absolute Gasteiger partial charge is 0.280 e. The molecule has 4 heteroatoms. The Labute approximate surface area is 154 Å². The van der Waals surface area contributed by atoms with Gasteiger partial charge in [0.25, 0.3) is 5.91 Å². The summed E-state index contributed by atoms with van der Waals surface area (Å²) >= 11 is 0. The first-order valence-electron chi connectivity index (χ1n) is 8.99. The van der Waals surface area contributed by atoms with Crippen LogP contribution in [0.25, 0.3) is 6.08 Å². The van der Waals surface area contributed by atoms with Crippen LogP contribution in [0.15, 0.2) is 66.2 Å². The van der Waals surface area contributed by atoms with E-state index in [-0.39, 0.29) is 5.91 Å². The summed E-state index contributed by atoms with van der Waals surface area (Å²) in [5, 5.41) is 1.47. The number of hydrogen-bond acceptors (Lipinski definition) is 3. The highest BCUT2D eigenvalue weighted by molar-refractivity contribution is 5.87. The lowest BCUT2D eigenvalue weighted by molar-refractivity contribution is -0.266. The van der Waals surface area contributed by atoms with E-state index in [1.54, 1.807) is 13.8 Å². The van der Waals surface area contributed by atoms with Gasteiger partial charge in [-0.15, -0.1) is 0 Å². The molecule has 0 aromatic heterocycles. The van der Waals surface area contributed by atoms with E-state index in [9.17, 15) is 4.79 Å². The van der Waals surface area contributed by atoms with E-state index in [0.29, 0.717) is 6.61 Å². The number of carbonyl (C=O) groups is 1. The molecule has 2 fully saturated rings. The van der Waals surface area contributed by atoms with E-state index in [0.717, 1.165) is 29.5 Å². The maximum Gasteiger partial charge on any atom is 0.280 e. The Bertz CT molecular complexity index is 829. The van der Waals surface area contributed by atoms with Gasteiger partial charge in [-0.1, -0.05) is 66.7 Å². The molecule has 0 radical (unpaired) electrons. The molecular formula is C22H23NO3. The molecule has 1 aliphatic heterocycles. The van der Waals surface area contributed by atoms with E-state index >= 15 is 0 Å². The van der Waals surface area contributed by atoms with Gasteiger partial charge in [0.2, 0.25) is 0 Å². The number of hydroxylamine groups is 2. The SMILES string of the molecule is CC1(C)OC2(CC/C2=C\c2ccccc2)N(OCc2ccccc2)C1=O. The first-order valence-corrected chi connectivity index (χ1v) is 8.99. The largest absolute Gasteiger partial charge is 0.333 e. The summed E-state index contributed by atoms with van der Waals surface area (Å²) in [5.74, 6) is -0.132. The molecule has 1 aliphatic carbocycles. The summed E-state index contributed by atoms with van der Waals surface area (Å²) < 4.78 is 6.25. The summed E-state index contributed by atoms with van der Waals surface area (Å²) in [6.45, 7) is 3.95. The van der Waals surface area contributed by atoms with E-state index in [1.165, 1.54) is 5.06 Å². The zero-order chi connectivity index (χ0) is 18.2. The van der Waals surface area contributed by atoms with Gasteiger partial charge >= 0.3 is 0 Å². The molecule has 4 rings (SSSR count). The van der Waals surface area contributed by atoms with Crippen LogP contribution in [0.1, 0.15) is 37.8 Å². The molecule has 1 heterocycles. The van der Waals surface area contributed by atoms with Crippen LogP contribution in [0.3, 0.4) is 0 Å². The third-order valence-corrected chi connectivity index (χ3v) is 5.03. The molecule has 1 saturated heterocycles. The fraction of sp³-hybridized carbons (Fsp3) is 0.318. The zero-order valence-electron chi connectivity index (χ0n) is 15.1. The van der Waals surface area contributed by atoms with Gasteiger partial charge < -0.3 is 4.74 Å². The lowest BCUT2D eigenvalue weighted by Crippen LogP contribution is -2.53. The molecule has 1 unspecified atom stereocenters. The fourth-order valence-corrected chi connectivity index (χ4v) is 3.56. The van der Waals surface area contributed by atoms with Gasteiger partial charge in [0.05, 0.1) is 0 Å². The van der Waals surface area contributed by atoms with Crippen LogP contribution in [0, 0.1) is 0 Å². The van der Waals surface area contributed by atoms with E-state index in [4.69, 9.17) is 9.57 Å². The Morgan fingerprint density at radius 3 is 2.35 bits per heavy atom. The van der Waals surface area contributed by atoms with Crippen LogP contribution in [0.5, 0.6) is 0 Å². The fourth-order valence-electron chi connectivity index (χ4n) is 3.56. The van der Waals surface area contributed by atoms with Gasteiger partial charge in [0.1, 0.15) is 12.2 Å². The van der Waals surface area contributed by atoms with Gasteiger partial charge in [0.15, 0.2) is 5.72 Å². The van der Waals surface area contributed by atoms with E-state index < -0.39 is 11.3 Å². The van der Waals surface area contributed by atoms with Crippen LogP contribution in [-0.2, 0) is 21.0 Å². The molecule has 4 nitrogen and oxygen atoms in total. The van der Waals surface area contributed by atoms with Crippen molar-refractivity contribution in [3.8, 4) is 0 Å². The van der Waals surface area contributed by atoms with Crippen molar-refractivity contribution in [1.29, 1.82) is 0 Å². The Balaban J connectivity index is 1.62. The first-order chi connectivity index (χ1) is 12.5. The van der Waals surface area contributed by atoms with Gasteiger partial charge in [-0.25, -0.2) is 0 Å². The summed E-state index contributed by atoms with van der Waals surface area (Å²) in [7, 11) is 0. The van der Waals surface area contributed by atoms with Gasteiger partial charge in [-0.3, -0.25) is 9.63 Å². The topological polar surface area (TPSA) is 38.8 Å². The lowest BCUT2D eigenvalue weighted by atomic mass is 9.80. The second-order valence-electron chi connectivity index (χ2n) is 7.34. The minimum atomic E-state index is -0.896. The summed E-state index contributed by atoms with van der Waals surface area (Å²) in [4.78, 5) is 18.9. The molecule has 1 spiro atoms. The van der Waals surface area contributed by atoms with Crippen LogP contribution < -0.4 is 0 Å². The maximum atomic E-state index is 12.9. The Kier molecular flexibility index (Phi) is 4.17. The molecule has 1 atom stereocenters. The molecule has 134 valence electrons. The number of nitrogens with zero attached hydrogens (tertiary/aromatic N) is 1. The number of carbonyl (C=O) groups excluding carboxylic acids is 1. The molecule has 1 saturated carbocycles. The Morgan fingerprint density at radius 2 is 1.73 bits per heavy atom. The maximum absolute atomic E-state index is 12.9. The first kappa shape index (κ1) is 17.0. The summed E-state index contributed by atoms with van der Waals surface area (Å²) in [6.07, 6.45) is 3.75. The Morgan fingerprint density at radius 1 is 1.08 bits per heavy atom. The van der Waals surface area contributed by atoms with Gasteiger partial charge in [-0.05, 0) is 37.0 Å². The van der Waals surface area contributed by atoms with Gasteiger partial charge in [-0.2, -0.15) is 5.06 Å². The van der Waals surface area contributed by atoms with Crippen molar-refractivity contribution in [1.82, 2.24) is 5.06 Å². The standard InChI is InChI=1S/C22H23NO3/c1-21(2)20(24)23(25-16-18-11-7-4-8-12-18)22(26-21)14-13-19(22)15-17-9-5-3-6-10-17/h3-12,15H,13-14,16H2,1-2H3/b19-15+. The van der Waals surface area contributed by atoms with Crippen LogP contribution in [0.2, 0.25) is 0 Å². The highest BCUT2D eigenvalue weighted by atomic mass is 16.7. The third-order valence-electron chi connectivity index (χ3n) is 5.03. The summed E-state index contributed by atoms with van der Waals surface area (Å²) in [5.41, 5.74) is 1.52. The van der Waals surface area contributed by atoms with E-state index in [2.05, 4.69) is 18.2 Å². The molecule has 0 bridgehead atoms. The number of hydrogen-bond donors (Lipinski definition) is 0. The van der Waals surface area contributed by atoms with Crippen molar-refractivity contribution in [2.75, 3.05) is 0 Å². The normalized spacial score (nSPS) is 25.7. The minimum absolute atomic E-state index is 0.132. The van der Waals surface area contributed by atoms with Crippen molar-refractivity contribution in [3.63, 3.8) is 0 Å². The quantitative estimate of drug-likeness (QED) is 0.825. The molecular weight excluding hydrogens is 326 g/mol. The zero-order valence-corrected chi connectivity index (χ0v) is 15.1.